The van der Waals surface area contributed by atoms with Crippen molar-refractivity contribution in [1.29, 1.82) is 0 Å². The number of nitrogens with one attached hydrogen (secondary N) is 1. The molecule has 1 aromatic rings. The minimum atomic E-state index is 0.461. The van der Waals surface area contributed by atoms with E-state index in [4.69, 9.17) is 10.7 Å². The average Bonchev–Trinajstić information content (AvgIpc) is 3.04. The topological polar surface area (TPSA) is 79.4 Å². The van der Waals surface area contributed by atoms with Gasteiger partial charge in [0.1, 0.15) is 5.69 Å². The molecule has 0 radical (unpaired) electrons. The predicted octanol–water partition coefficient (Wildman–Crippen LogP) is 2.93. The third-order valence-electron chi connectivity index (χ3n) is 4.88. The number of rotatable bonds is 7. The van der Waals surface area contributed by atoms with Crippen LogP contribution in [0.4, 0.5) is 17.5 Å². The molecule has 3 N–H and O–H groups in total. The summed E-state index contributed by atoms with van der Waals surface area (Å²) in [5.41, 5.74) is 8.97. The lowest BCUT2D eigenvalue weighted by atomic mass is 9.97. The van der Waals surface area contributed by atoms with E-state index in [0.29, 0.717) is 23.6 Å². The van der Waals surface area contributed by atoms with Crippen LogP contribution in [0.25, 0.3) is 0 Å². The van der Waals surface area contributed by atoms with Crippen molar-refractivity contribution in [3.63, 3.8) is 0 Å². The highest BCUT2D eigenvalue weighted by molar-refractivity contribution is 5.70. The summed E-state index contributed by atoms with van der Waals surface area (Å²) in [6.07, 6.45) is 6.14. The lowest BCUT2D eigenvalue weighted by Crippen LogP contribution is -2.20. The van der Waals surface area contributed by atoms with E-state index in [1.807, 2.05) is 25.9 Å². The molecule has 6 heteroatoms. The van der Waals surface area contributed by atoms with E-state index in [1.54, 1.807) is 6.21 Å². The van der Waals surface area contributed by atoms with Crippen LogP contribution in [0.1, 0.15) is 38.8 Å². The second-order valence-corrected chi connectivity index (χ2v) is 6.46. The highest BCUT2D eigenvalue weighted by Gasteiger charge is 2.28. The molecular weight excluding hydrogens is 300 g/mol. The van der Waals surface area contributed by atoms with Gasteiger partial charge in [-0.3, -0.25) is 4.99 Å². The molecular formula is C18H30N6. The molecule has 0 aromatic carbocycles. The molecule has 0 bridgehead atoms. The summed E-state index contributed by atoms with van der Waals surface area (Å²) in [5.74, 6) is 2.27. The first-order chi connectivity index (χ1) is 11.5. The molecule has 0 aliphatic heterocycles. The molecule has 0 spiro atoms. The Kier molecular flexibility index (Phi) is 6.17. The van der Waals surface area contributed by atoms with Crippen LogP contribution in [0.2, 0.25) is 0 Å². The number of anilines is 2. The monoisotopic (exact) mass is 330 g/mol. The molecule has 1 aliphatic carbocycles. The first-order valence-electron chi connectivity index (χ1n) is 8.72. The minimum absolute atomic E-state index is 0.461. The van der Waals surface area contributed by atoms with Crippen molar-refractivity contribution in [3.05, 3.63) is 18.0 Å². The number of nitrogens with zero attached hydrogens (tertiary/aromatic N) is 4. The van der Waals surface area contributed by atoms with Crippen molar-refractivity contribution >= 4 is 23.7 Å². The molecule has 132 valence electrons. The molecule has 2 atom stereocenters. The maximum atomic E-state index is 6.16. The summed E-state index contributed by atoms with van der Waals surface area (Å²) in [5, 5.41) is 3.19. The van der Waals surface area contributed by atoms with Crippen LogP contribution in [-0.2, 0) is 6.42 Å². The molecule has 1 aliphatic rings. The number of nitrogen functional groups attached to an aromatic ring is 1. The van der Waals surface area contributed by atoms with Crippen molar-refractivity contribution in [3.8, 4) is 0 Å². The van der Waals surface area contributed by atoms with E-state index in [0.717, 1.165) is 36.5 Å². The zero-order valence-corrected chi connectivity index (χ0v) is 15.3. The Hall–Kier alpha value is -2.11. The zero-order valence-electron chi connectivity index (χ0n) is 15.3. The van der Waals surface area contributed by atoms with Crippen LogP contribution in [0.3, 0.4) is 0 Å². The van der Waals surface area contributed by atoms with Gasteiger partial charge >= 0.3 is 0 Å². The normalized spacial score (nSPS) is 20.5. The quantitative estimate of drug-likeness (QED) is 0.752. The van der Waals surface area contributed by atoms with Gasteiger partial charge in [0.25, 0.3) is 0 Å². The van der Waals surface area contributed by atoms with E-state index in [-0.39, 0.29) is 0 Å². The Balaban J connectivity index is 2.24. The van der Waals surface area contributed by atoms with Crippen molar-refractivity contribution in [2.24, 2.45) is 16.8 Å². The number of allylic oxidation sites excluding steroid dienone is 1. The van der Waals surface area contributed by atoms with E-state index in [2.05, 4.69) is 28.8 Å². The first-order valence-corrected chi connectivity index (χ1v) is 8.72. The molecule has 1 fully saturated rings. The van der Waals surface area contributed by atoms with Crippen molar-refractivity contribution < 1.29 is 0 Å². The Morgan fingerprint density at radius 2 is 2.21 bits per heavy atom. The third kappa shape index (κ3) is 4.04. The maximum absolute atomic E-state index is 6.16. The number of aliphatic imine (C=N–C) groups is 1. The number of nitrogens with two attached hydrogens (primary N) is 1. The fourth-order valence-electron chi connectivity index (χ4n) is 3.29. The maximum Gasteiger partial charge on any atom is 0.227 e. The fraction of sp³-hybridized carbons (Fsp3) is 0.611. The van der Waals surface area contributed by atoms with Crippen LogP contribution in [-0.4, -0.2) is 36.8 Å². The lowest BCUT2D eigenvalue weighted by molar-refractivity contribution is 0.509. The molecule has 1 unspecified atom stereocenters. The molecule has 0 amide bonds. The third-order valence-corrected chi connectivity index (χ3v) is 4.88. The van der Waals surface area contributed by atoms with Gasteiger partial charge in [-0.05, 0) is 51.4 Å². The molecule has 1 heterocycles. The van der Waals surface area contributed by atoms with Gasteiger partial charge in [-0.2, -0.15) is 4.98 Å². The number of hydrogen-bond acceptors (Lipinski definition) is 6. The summed E-state index contributed by atoms with van der Waals surface area (Å²) in [6, 6.07) is 0. The standard InChI is InChI=1S/C18H30N6/c1-6-21-16-15(22-18(23-17(16)19)24(5)7-2)11-13-8-9-14(10-13)12(3)20-4/h6,13-14,20H,3,7-11H2,1-2,4-5H3,(H2,19,22,23)/t13-,14?/m0/s1. The van der Waals surface area contributed by atoms with Gasteiger partial charge in [0, 0.05) is 32.6 Å². The second kappa shape index (κ2) is 8.13. The van der Waals surface area contributed by atoms with E-state index >= 15 is 0 Å². The van der Waals surface area contributed by atoms with Crippen LogP contribution in [0.15, 0.2) is 17.3 Å². The average molecular weight is 330 g/mol. The summed E-state index contributed by atoms with van der Waals surface area (Å²) in [4.78, 5) is 15.6. The van der Waals surface area contributed by atoms with Gasteiger partial charge in [0.2, 0.25) is 5.95 Å². The van der Waals surface area contributed by atoms with Crippen molar-refractivity contribution in [2.75, 3.05) is 31.3 Å². The van der Waals surface area contributed by atoms with E-state index in [9.17, 15) is 0 Å². The van der Waals surface area contributed by atoms with Gasteiger partial charge in [-0.15, -0.1) is 0 Å². The van der Waals surface area contributed by atoms with E-state index in [1.165, 1.54) is 12.8 Å². The minimum Gasteiger partial charge on any atom is -0.392 e. The second-order valence-electron chi connectivity index (χ2n) is 6.46. The summed E-state index contributed by atoms with van der Waals surface area (Å²) in [7, 11) is 3.92. The Labute approximate surface area is 145 Å². The van der Waals surface area contributed by atoms with Crippen molar-refractivity contribution in [1.82, 2.24) is 15.3 Å². The first kappa shape index (κ1) is 18.2. The molecule has 24 heavy (non-hydrogen) atoms. The smallest absolute Gasteiger partial charge is 0.227 e. The van der Waals surface area contributed by atoms with Crippen molar-refractivity contribution in [2.45, 2.75) is 39.5 Å². The van der Waals surface area contributed by atoms with Gasteiger partial charge in [0.15, 0.2) is 5.82 Å². The molecule has 1 saturated carbocycles. The van der Waals surface area contributed by atoms with Gasteiger partial charge in [-0.1, -0.05) is 6.58 Å². The molecule has 6 nitrogen and oxygen atoms in total. The Morgan fingerprint density at radius 3 is 2.83 bits per heavy atom. The Bertz CT molecular complexity index is 610. The highest BCUT2D eigenvalue weighted by Crippen LogP contribution is 2.38. The summed E-state index contributed by atoms with van der Waals surface area (Å²) >= 11 is 0. The number of hydrogen-bond donors (Lipinski definition) is 2. The summed E-state index contributed by atoms with van der Waals surface area (Å²) < 4.78 is 0. The largest absolute Gasteiger partial charge is 0.392 e. The molecule has 0 saturated heterocycles. The lowest BCUT2D eigenvalue weighted by Gasteiger charge is -2.19. The van der Waals surface area contributed by atoms with Gasteiger partial charge in [-0.25, -0.2) is 4.98 Å². The van der Waals surface area contributed by atoms with Crippen LogP contribution < -0.4 is 16.0 Å². The van der Waals surface area contributed by atoms with Crippen LogP contribution >= 0.6 is 0 Å². The van der Waals surface area contributed by atoms with Crippen LogP contribution in [0, 0.1) is 11.8 Å². The van der Waals surface area contributed by atoms with Gasteiger partial charge < -0.3 is 16.0 Å². The fourth-order valence-corrected chi connectivity index (χ4v) is 3.29. The van der Waals surface area contributed by atoms with Crippen LogP contribution in [0.5, 0.6) is 0 Å². The van der Waals surface area contributed by atoms with E-state index < -0.39 is 0 Å². The Morgan fingerprint density at radius 1 is 1.46 bits per heavy atom. The SMILES string of the molecule is C=C(NC)C1CC[C@H](Cc2nc(N(C)CC)nc(N)c2N=CC)C1. The predicted molar refractivity (Wildman–Crippen MR) is 102 cm³/mol. The summed E-state index contributed by atoms with van der Waals surface area (Å²) in [6.45, 7) is 8.91. The molecule has 1 aromatic heterocycles. The number of aromatic nitrogens is 2. The zero-order chi connectivity index (χ0) is 17.7. The highest BCUT2D eigenvalue weighted by atomic mass is 15.2. The molecule has 2 rings (SSSR count). The van der Waals surface area contributed by atoms with Gasteiger partial charge in [0.05, 0.1) is 5.69 Å².